The molecule has 5 nitrogen and oxygen atoms in total. The van der Waals surface area contributed by atoms with Gasteiger partial charge in [0.15, 0.2) is 8.32 Å². The van der Waals surface area contributed by atoms with Crippen molar-refractivity contribution in [1.82, 2.24) is 10.2 Å². The van der Waals surface area contributed by atoms with E-state index in [0.717, 1.165) is 38.8 Å². The summed E-state index contributed by atoms with van der Waals surface area (Å²) in [6, 6.07) is 21.7. The molecule has 2 aromatic carbocycles. The van der Waals surface area contributed by atoms with Gasteiger partial charge in [-0.05, 0) is 54.4 Å². The van der Waals surface area contributed by atoms with Crippen molar-refractivity contribution in [2.45, 2.75) is 117 Å². The van der Waals surface area contributed by atoms with Crippen LogP contribution in [0.2, 0.25) is 18.1 Å². The molecule has 0 aliphatic carbocycles. The number of unbranched alkanes of at least 4 members (excludes halogenated alkanes) is 1. The monoisotopic (exact) mass is 580 g/mol. The molecule has 0 unspecified atom stereocenters. The Morgan fingerprint density at radius 1 is 1.02 bits per heavy atom. The molecule has 1 saturated heterocycles. The minimum Gasteiger partial charge on any atom is -0.412 e. The molecule has 0 radical (unpaired) electrons. The summed E-state index contributed by atoms with van der Waals surface area (Å²) in [5, 5.41) is 3.22. The second-order valence-electron chi connectivity index (χ2n) is 13.8. The normalized spacial score (nSPS) is 19.5. The Bertz CT molecular complexity index is 997. The first-order chi connectivity index (χ1) is 19.4. The van der Waals surface area contributed by atoms with Crippen LogP contribution in [0.15, 0.2) is 60.7 Å². The summed E-state index contributed by atoms with van der Waals surface area (Å²) in [5.74, 6) is 0.494. The largest absolute Gasteiger partial charge is 0.412 e. The smallest absolute Gasteiger partial charge is 0.249 e. The summed E-state index contributed by atoms with van der Waals surface area (Å²) < 4.78 is 13.7. The number of rotatable bonds is 15. The van der Waals surface area contributed by atoms with Crippen LogP contribution in [0.4, 0.5) is 0 Å². The van der Waals surface area contributed by atoms with Gasteiger partial charge in [-0.15, -0.1) is 0 Å². The van der Waals surface area contributed by atoms with Gasteiger partial charge < -0.3 is 14.5 Å². The molecular weight excluding hydrogens is 524 g/mol. The number of ether oxygens (including phenoxy) is 1. The van der Waals surface area contributed by atoms with E-state index in [0.29, 0.717) is 19.1 Å². The maximum atomic E-state index is 13.5. The SMILES string of the molecule is CCCCNC(=O)[C@@H]1OCC[C@H]1[C@H](O[Si](C)(C)C(C)(C)C)[C@H](CC(C)C)N(Cc1ccccc1)Cc1ccccc1. The van der Waals surface area contributed by atoms with Gasteiger partial charge in [-0.3, -0.25) is 9.69 Å². The lowest BCUT2D eigenvalue weighted by Gasteiger charge is -2.47. The molecule has 1 fully saturated rings. The van der Waals surface area contributed by atoms with Gasteiger partial charge in [-0.25, -0.2) is 0 Å². The number of hydrogen-bond donors (Lipinski definition) is 1. The average molecular weight is 581 g/mol. The van der Waals surface area contributed by atoms with E-state index in [4.69, 9.17) is 9.16 Å². The zero-order valence-corrected chi connectivity index (χ0v) is 28.0. The van der Waals surface area contributed by atoms with Crippen LogP contribution >= 0.6 is 0 Å². The van der Waals surface area contributed by atoms with Gasteiger partial charge in [0.05, 0.1) is 6.10 Å². The first-order valence-corrected chi connectivity index (χ1v) is 18.7. The molecule has 0 bridgehead atoms. The molecule has 1 heterocycles. The predicted molar refractivity (Wildman–Crippen MR) is 173 cm³/mol. The second kappa shape index (κ2) is 15.5. The van der Waals surface area contributed by atoms with Crippen LogP contribution in [0.5, 0.6) is 0 Å². The lowest BCUT2D eigenvalue weighted by molar-refractivity contribution is -0.134. The summed E-state index contributed by atoms with van der Waals surface area (Å²) in [5.41, 5.74) is 2.58. The molecule has 0 spiro atoms. The van der Waals surface area contributed by atoms with Crippen molar-refractivity contribution in [3.05, 3.63) is 71.8 Å². The molecule has 1 amide bonds. The number of nitrogens with one attached hydrogen (secondary N) is 1. The van der Waals surface area contributed by atoms with Crippen molar-refractivity contribution < 1.29 is 14.0 Å². The first-order valence-electron chi connectivity index (χ1n) is 15.8. The quantitative estimate of drug-likeness (QED) is 0.172. The molecule has 6 heteroatoms. The maximum Gasteiger partial charge on any atom is 0.249 e. The van der Waals surface area contributed by atoms with Gasteiger partial charge in [0.2, 0.25) is 5.91 Å². The molecule has 0 aromatic heterocycles. The fourth-order valence-electron chi connectivity index (χ4n) is 5.57. The van der Waals surface area contributed by atoms with Crippen molar-refractivity contribution in [3.63, 3.8) is 0 Å². The predicted octanol–water partition coefficient (Wildman–Crippen LogP) is 7.82. The van der Waals surface area contributed by atoms with Crippen LogP contribution in [0.25, 0.3) is 0 Å². The lowest BCUT2D eigenvalue weighted by atomic mass is 9.85. The van der Waals surface area contributed by atoms with Crippen LogP contribution in [0.3, 0.4) is 0 Å². The van der Waals surface area contributed by atoms with E-state index in [1.807, 2.05) is 0 Å². The van der Waals surface area contributed by atoms with E-state index in [1.165, 1.54) is 11.1 Å². The molecule has 1 N–H and O–H groups in total. The van der Waals surface area contributed by atoms with Crippen LogP contribution in [-0.2, 0) is 27.0 Å². The van der Waals surface area contributed by atoms with E-state index in [-0.39, 0.29) is 29.0 Å². The molecule has 4 atom stereocenters. The molecular formula is C35H56N2O3Si. The highest BCUT2D eigenvalue weighted by atomic mass is 28.4. The summed E-state index contributed by atoms with van der Waals surface area (Å²) in [7, 11) is -2.19. The Morgan fingerprint density at radius 3 is 2.07 bits per heavy atom. The Kier molecular flexibility index (Phi) is 12.6. The van der Waals surface area contributed by atoms with E-state index in [2.05, 4.69) is 126 Å². The molecule has 41 heavy (non-hydrogen) atoms. The highest BCUT2D eigenvalue weighted by molar-refractivity contribution is 6.74. The zero-order chi connectivity index (χ0) is 30.0. The van der Waals surface area contributed by atoms with Gasteiger partial charge in [-0.2, -0.15) is 0 Å². The van der Waals surface area contributed by atoms with E-state index < -0.39 is 14.4 Å². The Labute approximate surface area is 251 Å². The summed E-state index contributed by atoms with van der Waals surface area (Å²) in [6.07, 6.45) is 3.26. The minimum atomic E-state index is -2.19. The third kappa shape index (κ3) is 9.77. The summed E-state index contributed by atoms with van der Waals surface area (Å²) in [4.78, 5) is 16.1. The third-order valence-electron chi connectivity index (χ3n) is 8.90. The number of carbonyl (C=O) groups is 1. The lowest BCUT2D eigenvalue weighted by Crippen LogP contribution is -2.57. The maximum absolute atomic E-state index is 13.5. The molecule has 228 valence electrons. The zero-order valence-electron chi connectivity index (χ0n) is 27.0. The fraction of sp³-hybridized carbons (Fsp3) is 0.629. The van der Waals surface area contributed by atoms with E-state index in [1.54, 1.807) is 0 Å². The molecule has 1 aliphatic rings. The highest BCUT2D eigenvalue weighted by Crippen LogP contribution is 2.42. The van der Waals surface area contributed by atoms with E-state index >= 15 is 0 Å². The van der Waals surface area contributed by atoms with Crippen molar-refractivity contribution >= 4 is 14.2 Å². The Balaban J connectivity index is 2.07. The highest BCUT2D eigenvalue weighted by Gasteiger charge is 2.49. The van der Waals surface area contributed by atoms with E-state index in [9.17, 15) is 4.79 Å². The molecule has 1 aliphatic heterocycles. The molecule has 3 rings (SSSR count). The Morgan fingerprint density at radius 2 is 1.59 bits per heavy atom. The number of nitrogens with zero attached hydrogens (tertiary/aromatic N) is 1. The average Bonchev–Trinajstić information content (AvgIpc) is 3.41. The second-order valence-corrected chi connectivity index (χ2v) is 18.6. The van der Waals surface area contributed by atoms with Crippen molar-refractivity contribution in [1.29, 1.82) is 0 Å². The minimum absolute atomic E-state index is 0.00329. The fourth-order valence-corrected chi connectivity index (χ4v) is 6.94. The van der Waals surface area contributed by atoms with Crippen LogP contribution < -0.4 is 5.32 Å². The molecule has 0 saturated carbocycles. The first kappa shape index (κ1) is 33.5. The summed E-state index contributed by atoms with van der Waals surface area (Å²) >= 11 is 0. The van der Waals surface area contributed by atoms with Gasteiger partial charge in [0.25, 0.3) is 0 Å². The number of benzene rings is 2. The van der Waals surface area contributed by atoms with Gasteiger partial charge >= 0.3 is 0 Å². The van der Waals surface area contributed by atoms with Gasteiger partial charge in [0.1, 0.15) is 6.10 Å². The summed E-state index contributed by atoms with van der Waals surface area (Å²) in [6.45, 7) is 21.3. The number of amides is 1. The van der Waals surface area contributed by atoms with Crippen LogP contribution in [-0.4, -0.2) is 50.5 Å². The number of carbonyl (C=O) groups excluding carboxylic acids is 1. The number of hydrogen-bond acceptors (Lipinski definition) is 4. The third-order valence-corrected chi connectivity index (χ3v) is 13.4. The van der Waals surface area contributed by atoms with Crippen molar-refractivity contribution in [3.8, 4) is 0 Å². The standard InChI is InChI=1S/C35H56N2O3Si/c1-9-10-22-36-34(38)33-30(21-23-39-33)32(40-41(7,8)35(4,5)6)31(24-27(2)3)37(25-28-17-13-11-14-18-28)26-29-19-15-12-16-20-29/h11-20,27,30-33H,9-10,21-26H2,1-8H3,(H,36,38)/t30-,31-,32-,33+/m0/s1. The van der Waals surface area contributed by atoms with Gasteiger partial charge in [-0.1, -0.05) is 109 Å². The van der Waals surface area contributed by atoms with Crippen LogP contribution in [0.1, 0.15) is 78.4 Å². The van der Waals surface area contributed by atoms with Crippen molar-refractivity contribution in [2.24, 2.45) is 11.8 Å². The van der Waals surface area contributed by atoms with Gasteiger partial charge in [0, 0.05) is 38.2 Å². The topological polar surface area (TPSA) is 50.8 Å². The molecule has 2 aromatic rings. The van der Waals surface area contributed by atoms with Crippen molar-refractivity contribution in [2.75, 3.05) is 13.2 Å². The van der Waals surface area contributed by atoms with Crippen LogP contribution in [0, 0.1) is 11.8 Å². The Hall–Kier alpha value is -1.99.